The molecule has 1 saturated carbocycles. The summed E-state index contributed by atoms with van der Waals surface area (Å²) in [6, 6.07) is 5.29. The summed E-state index contributed by atoms with van der Waals surface area (Å²) in [7, 11) is 0. The molecule has 1 fully saturated rings. The summed E-state index contributed by atoms with van der Waals surface area (Å²) in [5.74, 6) is -0.782. The number of aliphatic carboxylic acids is 1. The van der Waals surface area contributed by atoms with Gasteiger partial charge in [-0.15, -0.1) is 0 Å². The maximum atomic E-state index is 13.3. The number of carbonyl (C=O) groups is 1. The van der Waals surface area contributed by atoms with Crippen molar-refractivity contribution in [1.82, 2.24) is 0 Å². The largest absolute Gasteiger partial charge is 0.481 e. The van der Waals surface area contributed by atoms with Crippen LogP contribution in [0.4, 0.5) is 4.39 Å². The second-order valence-electron chi connectivity index (χ2n) is 4.93. The van der Waals surface area contributed by atoms with E-state index in [4.69, 9.17) is 0 Å². The van der Waals surface area contributed by atoms with Gasteiger partial charge in [0.2, 0.25) is 0 Å². The van der Waals surface area contributed by atoms with Gasteiger partial charge in [-0.3, -0.25) is 4.79 Å². The highest BCUT2D eigenvalue weighted by atomic mass is 19.1. The van der Waals surface area contributed by atoms with Crippen molar-refractivity contribution < 1.29 is 14.3 Å². The number of aryl methyl sites for hydroxylation is 1. The molecule has 1 aliphatic carbocycles. The number of carboxylic acid groups (broad SMARTS) is 1. The maximum Gasteiger partial charge on any atom is 0.314 e. The Hall–Kier alpha value is -1.38. The lowest BCUT2D eigenvalue weighted by molar-refractivity contribution is -0.147. The number of benzene rings is 1. The van der Waals surface area contributed by atoms with Crippen LogP contribution in [-0.4, -0.2) is 11.1 Å². The van der Waals surface area contributed by atoms with E-state index in [9.17, 15) is 14.3 Å². The lowest BCUT2D eigenvalue weighted by Crippen LogP contribution is -2.43. The van der Waals surface area contributed by atoms with Crippen LogP contribution in [0.25, 0.3) is 0 Å². The van der Waals surface area contributed by atoms with Crippen molar-refractivity contribution in [2.75, 3.05) is 0 Å². The van der Waals surface area contributed by atoms with Crippen LogP contribution in [0.15, 0.2) is 18.2 Å². The van der Waals surface area contributed by atoms with E-state index < -0.39 is 17.6 Å². The highest BCUT2D eigenvalue weighted by molar-refractivity contribution is 5.83. The number of hydrogen-bond donors (Lipinski definition) is 1. The summed E-state index contributed by atoms with van der Waals surface area (Å²) in [6.07, 6.45) is 1.20. The van der Waals surface area contributed by atoms with Crippen molar-refractivity contribution in [3.63, 3.8) is 0 Å². The van der Waals surface area contributed by atoms with Gasteiger partial charge in [-0.2, -0.15) is 0 Å². The molecule has 1 aromatic rings. The quantitative estimate of drug-likeness (QED) is 0.871. The van der Waals surface area contributed by atoms with Gasteiger partial charge in [-0.25, -0.2) is 4.39 Å². The molecule has 92 valence electrons. The predicted octanol–water partition coefficient (Wildman–Crippen LogP) is 3.53. The normalized spacial score (nSPS) is 19.5. The van der Waals surface area contributed by atoms with E-state index in [-0.39, 0.29) is 0 Å². The van der Waals surface area contributed by atoms with Crippen molar-refractivity contribution in [2.45, 2.75) is 44.7 Å². The molecule has 0 heterocycles. The van der Waals surface area contributed by atoms with E-state index in [1.54, 1.807) is 12.1 Å². The Kier molecular flexibility index (Phi) is 2.94. The highest BCUT2D eigenvalue weighted by Crippen LogP contribution is 2.45. The third kappa shape index (κ3) is 1.84. The smallest absolute Gasteiger partial charge is 0.314 e. The second kappa shape index (κ2) is 4.13. The SMILES string of the molecule is Cc1ccc(C(C)F)cc1C1(C(=O)O)CCC1. The van der Waals surface area contributed by atoms with E-state index in [1.807, 2.05) is 13.0 Å². The number of rotatable bonds is 3. The molecule has 0 aromatic heterocycles. The van der Waals surface area contributed by atoms with Crippen LogP contribution >= 0.6 is 0 Å². The first kappa shape index (κ1) is 12.1. The molecule has 0 spiro atoms. The minimum Gasteiger partial charge on any atom is -0.481 e. The van der Waals surface area contributed by atoms with Gasteiger partial charge in [0, 0.05) is 0 Å². The minimum atomic E-state index is -1.06. The molecule has 2 nitrogen and oxygen atoms in total. The third-order valence-electron chi connectivity index (χ3n) is 3.85. The average Bonchev–Trinajstić information content (AvgIpc) is 2.18. The van der Waals surface area contributed by atoms with Crippen LogP contribution in [-0.2, 0) is 10.2 Å². The van der Waals surface area contributed by atoms with Crippen LogP contribution < -0.4 is 0 Å². The summed E-state index contributed by atoms with van der Waals surface area (Å²) in [6.45, 7) is 3.37. The molecule has 0 radical (unpaired) electrons. The molecule has 0 amide bonds. The number of carboxylic acids is 1. The Morgan fingerprint density at radius 1 is 1.47 bits per heavy atom. The molecule has 1 atom stereocenters. The molecule has 1 N–H and O–H groups in total. The maximum absolute atomic E-state index is 13.3. The summed E-state index contributed by atoms with van der Waals surface area (Å²) in [4.78, 5) is 11.4. The molecular formula is C14H17FO2. The van der Waals surface area contributed by atoms with Gasteiger partial charge in [0.05, 0.1) is 5.41 Å². The van der Waals surface area contributed by atoms with Gasteiger partial charge < -0.3 is 5.11 Å². The van der Waals surface area contributed by atoms with E-state index in [1.165, 1.54) is 6.92 Å². The first-order valence-corrected chi connectivity index (χ1v) is 5.96. The number of alkyl halides is 1. The van der Waals surface area contributed by atoms with Crippen LogP contribution in [0.3, 0.4) is 0 Å². The molecule has 1 unspecified atom stereocenters. The summed E-state index contributed by atoms with van der Waals surface area (Å²) >= 11 is 0. The molecule has 0 aliphatic heterocycles. The first-order chi connectivity index (χ1) is 7.97. The molecule has 0 bridgehead atoms. The van der Waals surface area contributed by atoms with Crippen molar-refractivity contribution in [3.05, 3.63) is 34.9 Å². The molecule has 0 saturated heterocycles. The molecule has 3 heteroatoms. The summed E-state index contributed by atoms with van der Waals surface area (Å²) in [5.41, 5.74) is 1.53. The highest BCUT2D eigenvalue weighted by Gasteiger charge is 2.46. The lowest BCUT2D eigenvalue weighted by Gasteiger charge is -2.39. The van der Waals surface area contributed by atoms with Crippen LogP contribution in [0.1, 0.15) is 49.0 Å². The van der Waals surface area contributed by atoms with E-state index in [0.717, 1.165) is 17.5 Å². The minimum absolute atomic E-state index is 0.568. The molecular weight excluding hydrogens is 219 g/mol. The molecule has 2 rings (SSSR count). The predicted molar refractivity (Wildman–Crippen MR) is 63.9 cm³/mol. The molecule has 1 aliphatic rings. The summed E-state index contributed by atoms with van der Waals surface area (Å²) < 4.78 is 13.3. The van der Waals surface area contributed by atoms with E-state index in [2.05, 4.69) is 0 Å². The molecule has 1 aromatic carbocycles. The van der Waals surface area contributed by atoms with Crippen LogP contribution in [0.2, 0.25) is 0 Å². The Balaban J connectivity index is 2.50. The van der Waals surface area contributed by atoms with E-state index in [0.29, 0.717) is 18.4 Å². The fraction of sp³-hybridized carbons (Fsp3) is 0.500. The van der Waals surface area contributed by atoms with Crippen molar-refractivity contribution in [2.24, 2.45) is 0 Å². The van der Waals surface area contributed by atoms with Gasteiger partial charge in [0.1, 0.15) is 6.17 Å². The average molecular weight is 236 g/mol. The second-order valence-corrected chi connectivity index (χ2v) is 4.93. The van der Waals surface area contributed by atoms with Gasteiger partial charge in [0.25, 0.3) is 0 Å². The number of hydrogen-bond acceptors (Lipinski definition) is 1. The van der Waals surface area contributed by atoms with E-state index >= 15 is 0 Å². The van der Waals surface area contributed by atoms with Crippen LogP contribution in [0.5, 0.6) is 0 Å². The van der Waals surface area contributed by atoms with Gasteiger partial charge in [-0.05, 0) is 43.4 Å². The monoisotopic (exact) mass is 236 g/mol. The zero-order valence-corrected chi connectivity index (χ0v) is 10.2. The van der Waals surface area contributed by atoms with Crippen molar-refractivity contribution in [1.29, 1.82) is 0 Å². The fourth-order valence-corrected chi connectivity index (χ4v) is 2.53. The van der Waals surface area contributed by atoms with Crippen LogP contribution in [0, 0.1) is 6.92 Å². The number of halogens is 1. The van der Waals surface area contributed by atoms with Gasteiger partial charge >= 0.3 is 5.97 Å². The van der Waals surface area contributed by atoms with Crippen molar-refractivity contribution in [3.8, 4) is 0 Å². The topological polar surface area (TPSA) is 37.3 Å². The summed E-state index contributed by atoms with van der Waals surface area (Å²) in [5, 5.41) is 9.40. The van der Waals surface area contributed by atoms with Gasteiger partial charge in [-0.1, -0.05) is 24.6 Å². The zero-order chi connectivity index (χ0) is 12.6. The third-order valence-corrected chi connectivity index (χ3v) is 3.85. The fourth-order valence-electron chi connectivity index (χ4n) is 2.53. The Labute approximate surface area is 100 Å². The first-order valence-electron chi connectivity index (χ1n) is 5.96. The standard InChI is InChI=1S/C14H17FO2/c1-9-4-5-11(10(2)15)8-12(9)14(13(16)17)6-3-7-14/h4-5,8,10H,3,6-7H2,1-2H3,(H,16,17). The van der Waals surface area contributed by atoms with Gasteiger partial charge in [0.15, 0.2) is 0 Å². The zero-order valence-electron chi connectivity index (χ0n) is 10.2. The molecule has 17 heavy (non-hydrogen) atoms. The lowest BCUT2D eigenvalue weighted by atomic mass is 9.63. The Morgan fingerprint density at radius 2 is 2.12 bits per heavy atom. The van der Waals surface area contributed by atoms with Crippen molar-refractivity contribution >= 4 is 5.97 Å². The Morgan fingerprint density at radius 3 is 2.53 bits per heavy atom. The Bertz CT molecular complexity index is 448.